The number of rotatable bonds is 4. The number of carbonyl (C=O) groups excluding carboxylic acids is 1. The van der Waals surface area contributed by atoms with Crippen LogP contribution in [0.1, 0.15) is 47.4 Å². The first-order chi connectivity index (χ1) is 14.6. The molecule has 4 nitrogen and oxygen atoms in total. The Morgan fingerprint density at radius 1 is 1.13 bits per heavy atom. The van der Waals surface area contributed by atoms with E-state index in [0.717, 1.165) is 0 Å². The highest BCUT2D eigenvalue weighted by Gasteiger charge is 2.40. The number of nitrogens with one attached hydrogen (secondary N) is 1. The van der Waals surface area contributed by atoms with Crippen molar-refractivity contribution in [2.24, 2.45) is 5.92 Å². The fourth-order valence-corrected chi connectivity index (χ4v) is 3.96. The van der Waals surface area contributed by atoms with Crippen LogP contribution in [0.3, 0.4) is 0 Å². The van der Waals surface area contributed by atoms with Crippen LogP contribution in [0.15, 0.2) is 48.7 Å². The Morgan fingerprint density at radius 2 is 1.81 bits per heavy atom. The number of anilines is 1. The molecule has 2 heterocycles. The van der Waals surface area contributed by atoms with Gasteiger partial charge in [0.25, 0.3) is 5.91 Å². The van der Waals surface area contributed by atoms with Crippen LogP contribution in [0.4, 0.5) is 27.6 Å². The van der Waals surface area contributed by atoms with Gasteiger partial charge in [-0.15, -0.1) is 0 Å². The van der Waals surface area contributed by atoms with Crippen molar-refractivity contribution < 1.29 is 26.7 Å². The normalized spacial score (nSPS) is 17.1. The van der Waals surface area contributed by atoms with Gasteiger partial charge in [0.1, 0.15) is 5.65 Å². The van der Waals surface area contributed by atoms with E-state index in [0.29, 0.717) is 5.69 Å². The van der Waals surface area contributed by atoms with Gasteiger partial charge in [0.05, 0.1) is 5.69 Å². The van der Waals surface area contributed by atoms with Crippen LogP contribution in [-0.4, -0.2) is 21.2 Å². The van der Waals surface area contributed by atoms with Crippen LogP contribution in [0, 0.1) is 5.92 Å². The second-order valence-corrected chi connectivity index (χ2v) is 7.87. The molecule has 1 amide bonds. The number of para-hydroxylation sites is 1. The Labute approximate surface area is 175 Å². The van der Waals surface area contributed by atoms with Crippen molar-refractivity contribution in [2.75, 3.05) is 5.32 Å². The number of imidazole rings is 1. The van der Waals surface area contributed by atoms with Crippen molar-refractivity contribution in [3.05, 3.63) is 65.6 Å². The molecule has 0 bridgehead atoms. The number of hydrogen-bond donors (Lipinski definition) is 1. The maximum Gasteiger partial charge on any atom is 0.435 e. The van der Waals surface area contributed by atoms with E-state index < -0.39 is 23.7 Å². The highest BCUT2D eigenvalue weighted by atomic mass is 19.4. The summed E-state index contributed by atoms with van der Waals surface area (Å²) < 4.78 is 69.0. The molecule has 9 heteroatoms. The number of halogens is 5. The topological polar surface area (TPSA) is 46.4 Å². The zero-order valence-corrected chi connectivity index (χ0v) is 16.4. The van der Waals surface area contributed by atoms with Gasteiger partial charge in [-0.2, -0.15) is 13.2 Å². The number of fused-ring (bicyclic) bond motifs is 1. The van der Waals surface area contributed by atoms with E-state index in [1.165, 1.54) is 22.7 Å². The van der Waals surface area contributed by atoms with E-state index in [1.807, 2.05) is 0 Å². The number of amides is 1. The summed E-state index contributed by atoms with van der Waals surface area (Å²) in [4.78, 5) is 16.2. The van der Waals surface area contributed by atoms with Gasteiger partial charge in [-0.1, -0.05) is 18.2 Å². The van der Waals surface area contributed by atoms with Crippen LogP contribution in [0.5, 0.6) is 0 Å². The summed E-state index contributed by atoms with van der Waals surface area (Å²) in [5, 5.41) is 2.68. The van der Waals surface area contributed by atoms with Gasteiger partial charge >= 0.3 is 6.18 Å². The summed E-state index contributed by atoms with van der Waals surface area (Å²) >= 11 is 0. The average Bonchev–Trinajstić information content (AvgIpc) is 3.08. The number of nitrogens with zero attached hydrogens (tertiary/aromatic N) is 2. The van der Waals surface area contributed by atoms with Gasteiger partial charge in [0.15, 0.2) is 5.69 Å². The number of alkyl halides is 5. The van der Waals surface area contributed by atoms with E-state index in [4.69, 9.17) is 0 Å². The molecular weight excluding hydrogens is 417 g/mol. The highest BCUT2D eigenvalue weighted by Crippen LogP contribution is 2.39. The van der Waals surface area contributed by atoms with Gasteiger partial charge in [-0.3, -0.25) is 4.79 Å². The number of benzene rings is 1. The molecule has 0 saturated heterocycles. The first-order valence-corrected chi connectivity index (χ1v) is 9.95. The Kier molecular flexibility index (Phi) is 5.45. The maximum absolute atomic E-state index is 13.6. The number of hydrogen-bond acceptors (Lipinski definition) is 2. The van der Waals surface area contributed by atoms with Gasteiger partial charge in [0.2, 0.25) is 5.92 Å². The average molecular weight is 437 g/mol. The van der Waals surface area contributed by atoms with Crippen molar-refractivity contribution in [3.8, 4) is 0 Å². The lowest BCUT2D eigenvalue weighted by Crippen LogP contribution is -2.26. The molecule has 1 aliphatic rings. The molecule has 0 radical (unpaired) electrons. The van der Waals surface area contributed by atoms with Crippen LogP contribution >= 0.6 is 0 Å². The smallest absolute Gasteiger partial charge is 0.322 e. The number of carbonyl (C=O) groups is 1. The molecule has 164 valence electrons. The van der Waals surface area contributed by atoms with Gasteiger partial charge in [-0.05, 0) is 49.4 Å². The zero-order chi connectivity index (χ0) is 22.2. The highest BCUT2D eigenvalue weighted by molar-refractivity contribution is 6.04. The van der Waals surface area contributed by atoms with Gasteiger partial charge in [-0.25, -0.2) is 13.8 Å². The zero-order valence-electron chi connectivity index (χ0n) is 16.4. The first-order valence-electron chi connectivity index (χ1n) is 9.95. The molecule has 2 aromatic heterocycles. The summed E-state index contributed by atoms with van der Waals surface area (Å²) in [6.45, 7) is 0. The second kappa shape index (κ2) is 7.94. The lowest BCUT2D eigenvalue weighted by Gasteiger charge is -2.28. The molecule has 31 heavy (non-hydrogen) atoms. The summed E-state index contributed by atoms with van der Waals surface area (Å²) in [6, 6.07) is 11.4. The van der Waals surface area contributed by atoms with Gasteiger partial charge in [0, 0.05) is 30.3 Å². The second-order valence-electron chi connectivity index (χ2n) is 7.87. The summed E-state index contributed by atoms with van der Waals surface area (Å²) in [6.07, 6.45) is -3.62. The number of aromatic nitrogens is 2. The minimum atomic E-state index is -4.69. The van der Waals surface area contributed by atoms with E-state index in [9.17, 15) is 26.7 Å². The Balaban J connectivity index is 1.63. The fraction of sp³-hybridized carbons (Fsp3) is 0.364. The minimum Gasteiger partial charge on any atom is -0.322 e. The molecule has 1 fully saturated rings. The molecule has 1 N–H and O–H groups in total. The number of pyridine rings is 1. The summed E-state index contributed by atoms with van der Waals surface area (Å²) in [5.74, 6) is -3.49. The lowest BCUT2D eigenvalue weighted by atomic mass is 9.83. The lowest BCUT2D eigenvalue weighted by molar-refractivity contribution is -0.141. The predicted molar refractivity (Wildman–Crippen MR) is 105 cm³/mol. The standard InChI is InChI=1S/C22H20F5N3O/c23-21(24)9-6-14(7-10-21)12-17-19(22(25,26)27)29-18-13-15(8-11-30(17)18)20(31)28-16-4-2-1-3-5-16/h1-5,8,11,13-14H,6-7,9-10,12H2,(H,28,31). The Bertz CT molecular complexity index is 1080. The first kappa shape index (κ1) is 21.3. The SMILES string of the molecule is O=C(Nc1ccccc1)c1ccn2c(CC3CCC(F)(F)CC3)c(C(F)(F)F)nc2c1. The Hall–Kier alpha value is -2.97. The van der Waals surface area contributed by atoms with E-state index >= 15 is 0 Å². The molecule has 1 aromatic carbocycles. The van der Waals surface area contributed by atoms with E-state index in [1.54, 1.807) is 30.3 Å². The molecule has 0 atom stereocenters. The minimum absolute atomic E-state index is 0.00164. The molecule has 1 saturated carbocycles. The molecule has 4 rings (SSSR count). The largest absolute Gasteiger partial charge is 0.435 e. The van der Waals surface area contributed by atoms with Crippen LogP contribution in [0.25, 0.3) is 5.65 Å². The van der Waals surface area contributed by atoms with E-state index in [-0.39, 0.29) is 54.9 Å². The molecule has 0 unspecified atom stereocenters. The molecular formula is C22H20F5N3O. The molecule has 3 aromatic rings. The maximum atomic E-state index is 13.6. The van der Waals surface area contributed by atoms with Crippen molar-refractivity contribution in [3.63, 3.8) is 0 Å². The molecule has 1 aliphatic carbocycles. The summed E-state index contributed by atoms with van der Waals surface area (Å²) in [5.41, 5.74) is -0.386. The van der Waals surface area contributed by atoms with Crippen LogP contribution in [-0.2, 0) is 12.6 Å². The third kappa shape index (κ3) is 4.70. The van der Waals surface area contributed by atoms with Crippen LogP contribution < -0.4 is 5.32 Å². The van der Waals surface area contributed by atoms with Crippen molar-refractivity contribution >= 4 is 17.2 Å². The monoisotopic (exact) mass is 437 g/mol. The quantitative estimate of drug-likeness (QED) is 0.511. The molecule has 0 spiro atoms. The Morgan fingerprint density at radius 3 is 2.45 bits per heavy atom. The third-order valence-corrected chi connectivity index (χ3v) is 5.61. The van der Waals surface area contributed by atoms with Gasteiger partial charge < -0.3 is 9.72 Å². The van der Waals surface area contributed by atoms with Crippen molar-refractivity contribution in [2.45, 2.75) is 44.2 Å². The fourth-order valence-electron chi connectivity index (χ4n) is 3.96. The third-order valence-electron chi connectivity index (χ3n) is 5.61. The molecule has 0 aliphatic heterocycles. The van der Waals surface area contributed by atoms with Crippen molar-refractivity contribution in [1.29, 1.82) is 0 Å². The summed E-state index contributed by atoms with van der Waals surface area (Å²) in [7, 11) is 0. The van der Waals surface area contributed by atoms with E-state index in [2.05, 4.69) is 10.3 Å². The van der Waals surface area contributed by atoms with Crippen LogP contribution in [0.2, 0.25) is 0 Å². The van der Waals surface area contributed by atoms with Crippen molar-refractivity contribution in [1.82, 2.24) is 9.38 Å². The predicted octanol–water partition coefficient (Wildman–Crippen LogP) is 5.97.